The molecule has 0 aromatic heterocycles. The van der Waals surface area contributed by atoms with Gasteiger partial charge in [0.15, 0.2) is 5.11 Å². The van der Waals surface area contributed by atoms with Gasteiger partial charge in [0, 0.05) is 5.54 Å². The Morgan fingerprint density at radius 1 is 1.12 bits per heavy atom. The SMILES string of the molecule is S=C(NCCOc1ccccc1Cl)NC12CC3CC(CC(C3)C1)C2. The third-order valence-electron chi connectivity index (χ3n) is 5.90. The fraction of sp³-hybridized carbons (Fsp3) is 0.632. The van der Waals surface area contributed by atoms with Gasteiger partial charge in [-0.1, -0.05) is 23.7 Å². The van der Waals surface area contributed by atoms with Crippen molar-refractivity contribution in [3.63, 3.8) is 0 Å². The van der Waals surface area contributed by atoms with Gasteiger partial charge in [0.2, 0.25) is 0 Å². The number of thiocarbonyl (C=S) groups is 1. The molecule has 0 amide bonds. The first kappa shape index (κ1) is 16.5. The van der Waals surface area contributed by atoms with Crippen molar-refractivity contribution in [2.75, 3.05) is 13.2 Å². The molecular formula is C19H25ClN2OS. The number of nitrogens with one attached hydrogen (secondary N) is 2. The van der Waals surface area contributed by atoms with Crippen LogP contribution < -0.4 is 15.4 Å². The standard InChI is InChI=1S/C19H25ClN2OS/c20-16-3-1-2-4-17(16)23-6-5-21-18(24)22-19-10-13-7-14(11-19)9-15(8-13)12-19/h1-4,13-15H,5-12H2,(H2,21,22,24). The Balaban J connectivity index is 1.23. The van der Waals surface area contributed by atoms with Crippen LogP contribution in [0.15, 0.2) is 24.3 Å². The van der Waals surface area contributed by atoms with Crippen LogP contribution in [0.4, 0.5) is 0 Å². The van der Waals surface area contributed by atoms with Crippen molar-refractivity contribution < 1.29 is 4.74 Å². The molecule has 24 heavy (non-hydrogen) atoms. The summed E-state index contributed by atoms with van der Waals surface area (Å²) in [7, 11) is 0. The van der Waals surface area contributed by atoms with Gasteiger partial charge in [-0.15, -0.1) is 0 Å². The molecule has 4 saturated carbocycles. The maximum Gasteiger partial charge on any atom is 0.166 e. The average Bonchev–Trinajstić information content (AvgIpc) is 2.51. The van der Waals surface area contributed by atoms with Gasteiger partial charge in [-0.3, -0.25) is 0 Å². The number of benzene rings is 1. The minimum absolute atomic E-state index is 0.266. The van der Waals surface area contributed by atoms with Crippen molar-refractivity contribution in [3.8, 4) is 5.75 Å². The van der Waals surface area contributed by atoms with E-state index in [1.807, 2.05) is 24.3 Å². The van der Waals surface area contributed by atoms with Gasteiger partial charge in [0.05, 0.1) is 11.6 Å². The second-order valence-electron chi connectivity index (χ2n) is 7.86. The molecule has 0 heterocycles. The molecule has 3 nitrogen and oxygen atoms in total. The molecule has 5 heteroatoms. The maximum absolute atomic E-state index is 6.09. The number of rotatable bonds is 5. The topological polar surface area (TPSA) is 33.3 Å². The smallest absolute Gasteiger partial charge is 0.166 e. The Morgan fingerprint density at radius 3 is 2.38 bits per heavy atom. The number of hydrogen-bond donors (Lipinski definition) is 2. The second kappa shape index (κ2) is 6.72. The van der Waals surface area contributed by atoms with Crippen LogP contribution in [0.3, 0.4) is 0 Å². The van der Waals surface area contributed by atoms with E-state index >= 15 is 0 Å². The summed E-state index contributed by atoms with van der Waals surface area (Å²) >= 11 is 11.6. The van der Waals surface area contributed by atoms with Crippen molar-refractivity contribution in [3.05, 3.63) is 29.3 Å². The molecule has 130 valence electrons. The van der Waals surface area contributed by atoms with E-state index in [1.165, 1.54) is 38.5 Å². The van der Waals surface area contributed by atoms with Crippen LogP contribution in [0.25, 0.3) is 0 Å². The van der Waals surface area contributed by atoms with Gasteiger partial charge in [0.25, 0.3) is 0 Å². The van der Waals surface area contributed by atoms with Crippen LogP contribution in [-0.2, 0) is 0 Å². The third-order valence-corrected chi connectivity index (χ3v) is 6.46. The van der Waals surface area contributed by atoms with E-state index in [4.69, 9.17) is 28.6 Å². The number of para-hydroxylation sites is 1. The number of halogens is 1. The summed E-state index contributed by atoms with van der Waals surface area (Å²) in [6.45, 7) is 1.23. The minimum atomic E-state index is 0.266. The lowest BCUT2D eigenvalue weighted by atomic mass is 9.53. The zero-order valence-corrected chi connectivity index (χ0v) is 15.5. The number of hydrogen-bond acceptors (Lipinski definition) is 2. The van der Waals surface area contributed by atoms with Crippen LogP contribution in [0.5, 0.6) is 5.75 Å². The summed E-state index contributed by atoms with van der Waals surface area (Å²) in [5, 5.41) is 8.40. The zero-order chi connectivity index (χ0) is 16.6. The van der Waals surface area contributed by atoms with E-state index in [0.717, 1.165) is 28.6 Å². The van der Waals surface area contributed by atoms with E-state index in [9.17, 15) is 0 Å². The summed E-state index contributed by atoms with van der Waals surface area (Å²) in [6, 6.07) is 7.55. The van der Waals surface area contributed by atoms with Gasteiger partial charge in [0.1, 0.15) is 12.4 Å². The molecule has 1 aromatic rings. The fourth-order valence-electron chi connectivity index (χ4n) is 5.44. The first-order valence-corrected chi connectivity index (χ1v) is 9.84. The Labute approximate surface area is 154 Å². The van der Waals surface area contributed by atoms with Crippen LogP contribution in [0, 0.1) is 17.8 Å². The Morgan fingerprint density at radius 2 is 1.75 bits per heavy atom. The molecule has 0 spiro atoms. The van der Waals surface area contributed by atoms with Crippen LogP contribution in [-0.4, -0.2) is 23.8 Å². The first-order chi connectivity index (χ1) is 11.6. The molecular weight excluding hydrogens is 340 g/mol. The molecule has 0 unspecified atom stereocenters. The van der Waals surface area contributed by atoms with Crippen molar-refractivity contribution in [2.24, 2.45) is 17.8 Å². The predicted octanol–water partition coefficient (Wildman–Crippen LogP) is 4.15. The van der Waals surface area contributed by atoms with Crippen molar-refractivity contribution in [1.82, 2.24) is 10.6 Å². The molecule has 0 saturated heterocycles. The Hall–Kier alpha value is -1.00. The third kappa shape index (κ3) is 3.50. The normalized spacial score (nSPS) is 33.3. The zero-order valence-electron chi connectivity index (χ0n) is 13.9. The van der Waals surface area contributed by atoms with Gasteiger partial charge < -0.3 is 15.4 Å². The summed E-state index contributed by atoms with van der Waals surface area (Å²) in [4.78, 5) is 0. The average molecular weight is 365 g/mol. The van der Waals surface area contributed by atoms with Crippen LogP contribution in [0.1, 0.15) is 38.5 Å². The Kier molecular flexibility index (Phi) is 4.61. The molecule has 5 rings (SSSR count). The lowest BCUT2D eigenvalue weighted by Crippen LogP contribution is -2.61. The highest BCUT2D eigenvalue weighted by atomic mass is 35.5. The van der Waals surface area contributed by atoms with Crippen molar-refractivity contribution in [2.45, 2.75) is 44.1 Å². The van der Waals surface area contributed by atoms with Gasteiger partial charge >= 0.3 is 0 Å². The number of ether oxygens (including phenoxy) is 1. The summed E-state index contributed by atoms with van der Waals surface area (Å²) in [5.74, 6) is 3.50. The Bertz CT molecular complexity index is 586. The van der Waals surface area contributed by atoms with E-state index < -0.39 is 0 Å². The van der Waals surface area contributed by atoms with E-state index in [0.29, 0.717) is 18.2 Å². The van der Waals surface area contributed by atoms with Crippen molar-refractivity contribution >= 4 is 28.9 Å². The van der Waals surface area contributed by atoms with Crippen LogP contribution in [0.2, 0.25) is 5.02 Å². The van der Waals surface area contributed by atoms with Gasteiger partial charge in [-0.2, -0.15) is 0 Å². The summed E-state index contributed by atoms with van der Waals surface area (Å²) < 4.78 is 5.70. The molecule has 4 bridgehead atoms. The lowest BCUT2D eigenvalue weighted by Gasteiger charge is -2.57. The van der Waals surface area contributed by atoms with E-state index in [-0.39, 0.29) is 5.54 Å². The molecule has 0 aliphatic heterocycles. The second-order valence-corrected chi connectivity index (χ2v) is 8.67. The minimum Gasteiger partial charge on any atom is -0.490 e. The highest BCUT2D eigenvalue weighted by Gasteiger charge is 2.51. The molecule has 4 aliphatic carbocycles. The lowest BCUT2D eigenvalue weighted by molar-refractivity contribution is -0.0101. The molecule has 4 aliphatic rings. The predicted molar refractivity (Wildman–Crippen MR) is 102 cm³/mol. The maximum atomic E-state index is 6.09. The molecule has 0 atom stereocenters. The van der Waals surface area contributed by atoms with Crippen molar-refractivity contribution in [1.29, 1.82) is 0 Å². The summed E-state index contributed by atoms with van der Waals surface area (Å²) in [5.41, 5.74) is 0.266. The highest BCUT2D eigenvalue weighted by Crippen LogP contribution is 2.55. The fourth-order valence-corrected chi connectivity index (χ4v) is 5.94. The monoisotopic (exact) mass is 364 g/mol. The van der Waals surface area contributed by atoms with Gasteiger partial charge in [-0.05, 0) is 80.6 Å². The molecule has 2 N–H and O–H groups in total. The molecule has 0 radical (unpaired) electrons. The molecule has 4 fully saturated rings. The van der Waals surface area contributed by atoms with E-state index in [1.54, 1.807) is 0 Å². The summed E-state index contributed by atoms with van der Waals surface area (Å²) in [6.07, 6.45) is 8.26. The first-order valence-electron chi connectivity index (χ1n) is 9.05. The van der Waals surface area contributed by atoms with Crippen LogP contribution >= 0.6 is 23.8 Å². The largest absolute Gasteiger partial charge is 0.490 e. The van der Waals surface area contributed by atoms with E-state index in [2.05, 4.69) is 10.6 Å². The van der Waals surface area contributed by atoms with Gasteiger partial charge in [-0.25, -0.2) is 0 Å². The molecule has 1 aromatic carbocycles. The quantitative estimate of drug-likeness (QED) is 0.607. The highest BCUT2D eigenvalue weighted by molar-refractivity contribution is 7.80.